The number of aliphatic hydroxyl groups excluding tert-OH is 1. The Morgan fingerprint density at radius 1 is 0.500 bits per heavy atom. The van der Waals surface area contributed by atoms with Crippen molar-refractivity contribution in [2.75, 3.05) is 0 Å². The van der Waals surface area contributed by atoms with E-state index in [-0.39, 0.29) is 112 Å². The van der Waals surface area contributed by atoms with Gasteiger partial charge in [-0.1, -0.05) is 0 Å². The van der Waals surface area contributed by atoms with Crippen LogP contribution in [0.4, 0.5) is 0 Å². The summed E-state index contributed by atoms with van der Waals surface area (Å²) < 4.78 is 37.0. The lowest BCUT2D eigenvalue weighted by atomic mass is 9.77. The lowest BCUT2D eigenvalue weighted by Crippen LogP contribution is -2.18. The minimum absolute atomic E-state index is 0.000332. The number of phenolic OH excluding ortho intramolecular Hbond substituents is 6. The lowest BCUT2D eigenvalue weighted by molar-refractivity contribution is 0.195. The Labute approximate surface area is 323 Å². The molecule has 2 unspecified atom stereocenters. The Morgan fingerprint density at radius 2 is 0.788 bits per heavy atom. The van der Waals surface area contributed by atoms with Gasteiger partial charge in [0, 0.05) is 49.5 Å². The zero-order valence-corrected chi connectivity index (χ0v) is 33.3. The molecule has 0 aromatic heterocycles. The molecule has 0 saturated carbocycles. The number of hydrogen-bond donors (Lipinski definition) is 8. The smallest absolute Gasteiger partial charge is 0.397 e. The van der Waals surface area contributed by atoms with Crippen LogP contribution in [0.5, 0.6) is 34.5 Å². The topological polar surface area (TPSA) is 239 Å². The molecule has 0 saturated heterocycles. The predicted octanol–water partition coefficient (Wildman–Crippen LogP) is 7.19. The van der Waals surface area contributed by atoms with Gasteiger partial charge < -0.3 is 35.7 Å². The zero-order chi connectivity index (χ0) is 37.9. The SMILES string of the molecule is CC(O)Cc1c(Br)c(O)c2c(=O)c3c(O)c(Br)c(O)c4c5c(O)c(Br)c(O)c6c(=O)c7c(O)c(Br)c(CC(C)OS(=O)(=O)O)c8c1c2c(c34)c(c65)c78. The Bertz CT molecular complexity index is 3170. The molecule has 268 valence electrons. The molecule has 18 heteroatoms. The molecule has 13 nitrogen and oxygen atoms in total. The van der Waals surface area contributed by atoms with E-state index in [4.69, 9.17) is 4.18 Å². The highest BCUT2D eigenvalue weighted by Gasteiger charge is 2.37. The second kappa shape index (κ2) is 11.3. The van der Waals surface area contributed by atoms with Gasteiger partial charge in [-0.2, -0.15) is 8.42 Å². The first-order chi connectivity index (χ1) is 24.2. The third-order valence-electron chi connectivity index (χ3n) is 9.74. The molecule has 0 heterocycles. The molecule has 0 aliphatic rings. The summed E-state index contributed by atoms with van der Waals surface area (Å²) in [7, 11) is -4.99. The molecule has 0 bridgehead atoms. The molecule has 8 N–H and O–H groups in total. The van der Waals surface area contributed by atoms with Gasteiger partial charge in [-0.3, -0.25) is 14.1 Å². The van der Waals surface area contributed by atoms with Crippen molar-refractivity contribution >= 4 is 150 Å². The summed E-state index contributed by atoms with van der Waals surface area (Å²) in [4.78, 5) is 29.4. The maximum Gasteiger partial charge on any atom is 0.397 e. The largest absolute Gasteiger partial charge is 0.506 e. The van der Waals surface area contributed by atoms with Crippen molar-refractivity contribution in [1.82, 2.24) is 0 Å². The Hall–Kier alpha value is -3.49. The van der Waals surface area contributed by atoms with E-state index in [2.05, 4.69) is 63.7 Å². The van der Waals surface area contributed by atoms with Crippen molar-refractivity contribution in [2.45, 2.75) is 38.9 Å². The van der Waals surface area contributed by atoms with Crippen LogP contribution < -0.4 is 10.9 Å². The van der Waals surface area contributed by atoms with Gasteiger partial charge in [0.05, 0.1) is 42.7 Å². The highest BCUT2D eigenvalue weighted by atomic mass is 79.9. The van der Waals surface area contributed by atoms with Gasteiger partial charge in [0.2, 0.25) is 10.9 Å². The number of fused-ring (bicyclic) bond motifs is 2. The van der Waals surface area contributed by atoms with Crippen LogP contribution in [0.2, 0.25) is 0 Å². The number of rotatable bonds is 6. The third kappa shape index (κ3) is 4.31. The van der Waals surface area contributed by atoms with Crippen LogP contribution in [0, 0.1) is 0 Å². The first-order valence-corrected chi connectivity index (χ1v) is 19.6. The molecular formula is C34H20Br4O13S. The van der Waals surface area contributed by atoms with E-state index >= 15 is 0 Å². The van der Waals surface area contributed by atoms with Gasteiger partial charge in [-0.15, -0.1) is 0 Å². The number of phenols is 6. The summed E-state index contributed by atoms with van der Waals surface area (Å²) in [5.41, 5.74) is -1.50. The first kappa shape index (κ1) is 35.5. The van der Waals surface area contributed by atoms with Crippen molar-refractivity contribution in [2.24, 2.45) is 0 Å². The summed E-state index contributed by atoms with van der Waals surface area (Å²) in [6.45, 7) is 2.79. The standard InChI is InChI=1S/C34H20Br4O13S/c1-5(39)3-7-9-10-8(4-6(2)51-52(48,49)50)24(36)32(45)20-12(10)14-13-11(9)19(31(44)23(7)35)27(40)21-15(13)17(29(42)25(37)33(21)46)18-16(14)22(28(20)41)34(47)26(38)30(18)43/h5-6,39,42-47H,3-4H2,1-2H3,(H,48,49,50). The molecule has 0 radical (unpaired) electrons. The van der Waals surface area contributed by atoms with Crippen LogP contribution in [-0.4, -0.2) is 60.9 Å². The zero-order valence-electron chi connectivity index (χ0n) is 26.1. The molecule has 2 atom stereocenters. The maximum atomic E-state index is 14.7. The average molecular weight is 988 g/mol. The van der Waals surface area contributed by atoms with Gasteiger partial charge in [0.15, 0.2) is 0 Å². The highest BCUT2D eigenvalue weighted by molar-refractivity contribution is 9.11. The Morgan fingerprint density at radius 3 is 1.13 bits per heavy atom. The van der Waals surface area contributed by atoms with E-state index in [9.17, 15) is 58.3 Å². The number of benzene rings is 8. The molecule has 0 aliphatic carbocycles. The van der Waals surface area contributed by atoms with E-state index in [1.54, 1.807) is 0 Å². The second-order valence-corrected chi connectivity index (χ2v) is 17.0. The average Bonchev–Trinajstić information content (AvgIpc) is 3.05. The van der Waals surface area contributed by atoms with E-state index in [0.717, 1.165) is 0 Å². The van der Waals surface area contributed by atoms with Crippen LogP contribution in [0.3, 0.4) is 0 Å². The van der Waals surface area contributed by atoms with Gasteiger partial charge in [0.25, 0.3) is 0 Å². The fourth-order valence-electron chi connectivity index (χ4n) is 8.03. The molecule has 8 aromatic carbocycles. The first-order valence-electron chi connectivity index (χ1n) is 15.1. The summed E-state index contributed by atoms with van der Waals surface area (Å²) in [6.07, 6.45) is -2.90. The predicted molar refractivity (Wildman–Crippen MR) is 208 cm³/mol. The van der Waals surface area contributed by atoms with Gasteiger partial charge in [-0.25, -0.2) is 4.18 Å². The molecule has 0 amide bonds. The van der Waals surface area contributed by atoms with E-state index in [1.165, 1.54) is 13.8 Å². The van der Waals surface area contributed by atoms with Crippen LogP contribution in [0.25, 0.3) is 75.4 Å². The van der Waals surface area contributed by atoms with E-state index in [0.29, 0.717) is 0 Å². The van der Waals surface area contributed by atoms with Gasteiger partial charge in [-0.05, 0) is 106 Å². The van der Waals surface area contributed by atoms with Crippen LogP contribution in [0.15, 0.2) is 27.5 Å². The number of aliphatic hydroxyl groups is 1. The monoisotopic (exact) mass is 984 g/mol. The summed E-state index contributed by atoms with van der Waals surface area (Å²) >= 11 is 13.0. The fourth-order valence-corrected chi connectivity index (χ4v) is 10.4. The Kier molecular flexibility index (Phi) is 7.70. The highest BCUT2D eigenvalue weighted by Crippen LogP contribution is 2.61. The maximum absolute atomic E-state index is 14.7. The van der Waals surface area contributed by atoms with Crippen molar-refractivity contribution in [1.29, 1.82) is 0 Å². The van der Waals surface area contributed by atoms with Gasteiger partial charge in [0.1, 0.15) is 43.4 Å². The number of halogens is 4. The number of hydrogen-bond acceptors (Lipinski definition) is 12. The fraction of sp³-hybridized carbons (Fsp3) is 0.176. The summed E-state index contributed by atoms with van der Waals surface area (Å²) in [5, 5.41) is 78.9. The Balaban J connectivity index is 1.89. The second-order valence-electron chi connectivity index (χ2n) is 12.8. The molecule has 52 heavy (non-hydrogen) atoms. The normalized spacial score (nSPS) is 14.2. The minimum atomic E-state index is -4.99. The van der Waals surface area contributed by atoms with Crippen LogP contribution >= 0.6 is 63.7 Å². The molecule has 8 aromatic rings. The molecular weight excluding hydrogens is 968 g/mol. The van der Waals surface area contributed by atoms with E-state index in [1.807, 2.05) is 0 Å². The van der Waals surface area contributed by atoms with Crippen molar-refractivity contribution < 1.29 is 52.9 Å². The quantitative estimate of drug-likeness (QED) is 0.0468. The van der Waals surface area contributed by atoms with Crippen molar-refractivity contribution in [3.05, 3.63) is 49.5 Å². The molecule has 0 aliphatic heterocycles. The van der Waals surface area contributed by atoms with Crippen molar-refractivity contribution in [3.8, 4) is 34.5 Å². The lowest BCUT2D eigenvalue weighted by Gasteiger charge is -2.28. The van der Waals surface area contributed by atoms with Gasteiger partial charge >= 0.3 is 10.4 Å². The van der Waals surface area contributed by atoms with Crippen LogP contribution in [0.1, 0.15) is 25.0 Å². The minimum Gasteiger partial charge on any atom is -0.506 e. The summed E-state index contributed by atoms with van der Waals surface area (Å²) in [6, 6.07) is 0. The molecule has 0 fully saturated rings. The van der Waals surface area contributed by atoms with Crippen LogP contribution in [-0.2, 0) is 27.4 Å². The van der Waals surface area contributed by atoms with E-state index < -0.39 is 73.3 Å². The van der Waals surface area contributed by atoms with Crippen molar-refractivity contribution in [3.63, 3.8) is 0 Å². The molecule has 0 spiro atoms. The summed E-state index contributed by atoms with van der Waals surface area (Å²) in [5.74, 6) is -3.93. The molecule has 8 rings (SSSR count). The number of aromatic hydroxyl groups is 6. The third-order valence-corrected chi connectivity index (χ3v) is 13.5.